The third-order valence-corrected chi connectivity index (χ3v) is 4.66. The summed E-state index contributed by atoms with van der Waals surface area (Å²) in [6, 6.07) is 21.8. The van der Waals surface area contributed by atoms with E-state index in [1.807, 2.05) is 54.6 Å². The maximum absolute atomic E-state index is 10.4. The highest BCUT2D eigenvalue weighted by Crippen LogP contribution is 2.17. The van der Waals surface area contributed by atoms with Crippen LogP contribution in [-0.2, 0) is 29.0 Å². The molecule has 35 heavy (non-hydrogen) atoms. The van der Waals surface area contributed by atoms with Gasteiger partial charge in [0, 0.05) is 12.0 Å². The molecular formula is C27H32O8. The number of ether oxygens (including phenoxy) is 3. The molecule has 0 aliphatic heterocycles. The molecule has 8 nitrogen and oxygen atoms in total. The van der Waals surface area contributed by atoms with Crippen LogP contribution in [0.5, 0.6) is 17.2 Å². The SMILES string of the molecule is COc1ccc(CCC(=O)O)cc1.COc1ccc(CO)cc1.COc1ccccc1CC(=O)O. The lowest BCUT2D eigenvalue weighted by atomic mass is 10.1. The van der Waals surface area contributed by atoms with Gasteiger partial charge in [-0.3, -0.25) is 9.59 Å². The Morgan fingerprint density at radius 1 is 0.686 bits per heavy atom. The predicted molar refractivity (Wildman–Crippen MR) is 132 cm³/mol. The van der Waals surface area contributed by atoms with Crippen molar-refractivity contribution in [3.63, 3.8) is 0 Å². The minimum Gasteiger partial charge on any atom is -0.497 e. The van der Waals surface area contributed by atoms with Gasteiger partial charge in [0.2, 0.25) is 0 Å². The highest BCUT2D eigenvalue weighted by atomic mass is 16.5. The first-order chi connectivity index (χ1) is 16.8. The number of hydrogen-bond acceptors (Lipinski definition) is 6. The van der Waals surface area contributed by atoms with Crippen LogP contribution < -0.4 is 14.2 Å². The van der Waals surface area contributed by atoms with Crippen LogP contribution in [0.3, 0.4) is 0 Å². The molecule has 0 amide bonds. The third kappa shape index (κ3) is 12.1. The average Bonchev–Trinajstić information content (AvgIpc) is 2.88. The minimum absolute atomic E-state index is 0.00398. The number of aliphatic hydroxyl groups excluding tert-OH is 1. The zero-order chi connectivity index (χ0) is 26.1. The van der Waals surface area contributed by atoms with Crippen molar-refractivity contribution in [3.8, 4) is 17.2 Å². The van der Waals surface area contributed by atoms with Crippen molar-refractivity contribution in [1.82, 2.24) is 0 Å². The number of carbonyl (C=O) groups is 2. The fraction of sp³-hybridized carbons (Fsp3) is 0.259. The molecule has 3 aromatic rings. The molecule has 0 radical (unpaired) electrons. The summed E-state index contributed by atoms with van der Waals surface area (Å²) in [5.74, 6) is 0.617. The van der Waals surface area contributed by atoms with Gasteiger partial charge in [0.05, 0.1) is 34.4 Å². The fourth-order valence-electron chi connectivity index (χ4n) is 2.79. The lowest BCUT2D eigenvalue weighted by Crippen LogP contribution is -2.01. The number of rotatable bonds is 9. The van der Waals surface area contributed by atoms with E-state index < -0.39 is 11.9 Å². The van der Waals surface area contributed by atoms with Gasteiger partial charge in [-0.15, -0.1) is 0 Å². The van der Waals surface area contributed by atoms with Crippen LogP contribution in [0, 0.1) is 0 Å². The quantitative estimate of drug-likeness (QED) is 0.413. The third-order valence-electron chi connectivity index (χ3n) is 4.66. The van der Waals surface area contributed by atoms with Crippen molar-refractivity contribution in [1.29, 1.82) is 0 Å². The summed E-state index contributed by atoms with van der Waals surface area (Å²) in [4.78, 5) is 20.7. The van der Waals surface area contributed by atoms with Gasteiger partial charge in [0.1, 0.15) is 17.2 Å². The van der Waals surface area contributed by atoms with Crippen LogP contribution in [-0.4, -0.2) is 48.6 Å². The first-order valence-corrected chi connectivity index (χ1v) is 10.7. The molecule has 0 saturated heterocycles. The number of aliphatic hydroxyl groups is 1. The van der Waals surface area contributed by atoms with Crippen LogP contribution in [0.15, 0.2) is 72.8 Å². The van der Waals surface area contributed by atoms with E-state index >= 15 is 0 Å². The summed E-state index contributed by atoms with van der Waals surface area (Å²) in [5.41, 5.74) is 2.62. The predicted octanol–water partition coefficient (Wildman–Crippen LogP) is 4.22. The topological polar surface area (TPSA) is 123 Å². The summed E-state index contributed by atoms with van der Waals surface area (Å²) in [7, 11) is 4.75. The van der Waals surface area contributed by atoms with E-state index in [-0.39, 0.29) is 19.4 Å². The monoisotopic (exact) mass is 484 g/mol. The number of carboxylic acid groups (broad SMARTS) is 2. The molecule has 0 atom stereocenters. The van der Waals surface area contributed by atoms with Gasteiger partial charge in [-0.2, -0.15) is 0 Å². The zero-order valence-electron chi connectivity index (χ0n) is 20.1. The highest BCUT2D eigenvalue weighted by molar-refractivity contribution is 5.71. The fourth-order valence-corrected chi connectivity index (χ4v) is 2.79. The molecule has 3 N–H and O–H groups in total. The van der Waals surface area contributed by atoms with Gasteiger partial charge in [-0.25, -0.2) is 0 Å². The lowest BCUT2D eigenvalue weighted by Gasteiger charge is -2.04. The number of aryl methyl sites for hydroxylation is 1. The van der Waals surface area contributed by atoms with Crippen LogP contribution in [0.2, 0.25) is 0 Å². The van der Waals surface area contributed by atoms with Crippen LogP contribution >= 0.6 is 0 Å². The summed E-state index contributed by atoms with van der Waals surface area (Å²) < 4.78 is 14.9. The normalized spacial score (nSPS) is 9.49. The van der Waals surface area contributed by atoms with E-state index in [4.69, 9.17) is 29.5 Å². The maximum atomic E-state index is 10.4. The number of para-hydroxylation sites is 1. The Hall–Kier alpha value is -4.04. The Morgan fingerprint density at radius 3 is 1.63 bits per heavy atom. The largest absolute Gasteiger partial charge is 0.497 e. The molecule has 0 fully saturated rings. The second-order valence-electron chi connectivity index (χ2n) is 7.13. The minimum atomic E-state index is -0.848. The summed E-state index contributed by atoms with van der Waals surface area (Å²) in [5, 5.41) is 25.6. The van der Waals surface area contributed by atoms with Crippen LogP contribution in [0.4, 0.5) is 0 Å². The molecule has 0 aromatic heterocycles. The molecule has 0 aliphatic rings. The lowest BCUT2D eigenvalue weighted by molar-refractivity contribution is -0.137. The van der Waals surface area contributed by atoms with E-state index in [1.165, 1.54) is 7.11 Å². The van der Waals surface area contributed by atoms with Crippen LogP contribution in [0.25, 0.3) is 0 Å². The van der Waals surface area contributed by atoms with E-state index in [0.29, 0.717) is 17.7 Å². The molecule has 0 saturated carbocycles. The zero-order valence-corrected chi connectivity index (χ0v) is 20.1. The van der Waals surface area contributed by atoms with Gasteiger partial charge in [-0.1, -0.05) is 42.5 Å². The van der Waals surface area contributed by atoms with Crippen molar-refractivity contribution in [2.24, 2.45) is 0 Å². The molecule has 0 spiro atoms. The first kappa shape index (κ1) is 29.0. The Kier molecular flexibility index (Phi) is 13.7. The second kappa shape index (κ2) is 16.6. The molecular weight excluding hydrogens is 452 g/mol. The van der Waals surface area contributed by atoms with E-state index in [9.17, 15) is 9.59 Å². The number of carboxylic acids is 2. The molecule has 3 aromatic carbocycles. The molecule has 0 aliphatic carbocycles. The first-order valence-electron chi connectivity index (χ1n) is 10.7. The maximum Gasteiger partial charge on any atom is 0.307 e. The Balaban J connectivity index is 0.000000265. The molecule has 8 heteroatoms. The molecule has 188 valence electrons. The summed E-state index contributed by atoms with van der Waals surface area (Å²) >= 11 is 0. The number of hydrogen-bond donors (Lipinski definition) is 3. The standard InChI is InChI=1S/C10H12O3.C9H10O3.C8H10O2/c1-13-9-5-2-8(3-6-9)4-7-10(11)12;1-12-8-5-3-2-4-7(8)6-9(10)11;1-10-8-4-2-7(6-9)3-5-8/h2-3,5-6H,4,7H2,1H3,(H,11,12);2-5H,6H2,1H3,(H,10,11);2-5,9H,6H2,1H3. The Bertz CT molecular complexity index is 991. The number of benzene rings is 3. The smallest absolute Gasteiger partial charge is 0.307 e. The molecule has 3 rings (SSSR count). The van der Waals surface area contributed by atoms with E-state index in [2.05, 4.69) is 0 Å². The number of methoxy groups -OCH3 is 3. The molecule has 0 unspecified atom stereocenters. The van der Waals surface area contributed by atoms with Gasteiger partial charge >= 0.3 is 11.9 Å². The van der Waals surface area contributed by atoms with Crippen molar-refractivity contribution < 1.29 is 39.1 Å². The van der Waals surface area contributed by atoms with Gasteiger partial charge in [0.25, 0.3) is 0 Å². The van der Waals surface area contributed by atoms with Gasteiger partial charge < -0.3 is 29.5 Å². The molecule has 0 bridgehead atoms. The average molecular weight is 485 g/mol. The second-order valence-corrected chi connectivity index (χ2v) is 7.13. The Labute approximate surface area is 205 Å². The van der Waals surface area contributed by atoms with Crippen LogP contribution in [0.1, 0.15) is 23.1 Å². The number of aliphatic carboxylic acids is 2. The van der Waals surface area contributed by atoms with Crippen molar-refractivity contribution in [3.05, 3.63) is 89.5 Å². The van der Waals surface area contributed by atoms with E-state index in [1.54, 1.807) is 32.4 Å². The summed E-state index contributed by atoms with van der Waals surface area (Å²) in [6.07, 6.45) is 0.746. The summed E-state index contributed by atoms with van der Waals surface area (Å²) in [6.45, 7) is 0.0873. The Morgan fingerprint density at radius 2 is 1.20 bits per heavy atom. The molecule has 0 heterocycles. The van der Waals surface area contributed by atoms with Gasteiger partial charge in [0.15, 0.2) is 0 Å². The van der Waals surface area contributed by atoms with Crippen molar-refractivity contribution in [2.75, 3.05) is 21.3 Å². The van der Waals surface area contributed by atoms with Crippen molar-refractivity contribution in [2.45, 2.75) is 25.9 Å². The highest BCUT2D eigenvalue weighted by Gasteiger charge is 2.05. The van der Waals surface area contributed by atoms with E-state index in [0.717, 1.165) is 22.6 Å². The van der Waals surface area contributed by atoms with Crippen molar-refractivity contribution >= 4 is 11.9 Å². The van der Waals surface area contributed by atoms with Gasteiger partial charge in [-0.05, 0) is 47.9 Å².